The smallest absolute Gasteiger partial charge is 0.328 e. The molecular formula is C17H31N5O8. The molecule has 0 aliphatic carbocycles. The number of aliphatic carboxylic acids is 1. The Labute approximate surface area is 173 Å². The lowest BCUT2D eigenvalue weighted by atomic mass is 9.97. The van der Waals surface area contributed by atoms with E-state index < -0.39 is 72.9 Å². The van der Waals surface area contributed by atoms with E-state index in [0.717, 1.165) is 0 Å². The molecule has 0 aromatic rings. The summed E-state index contributed by atoms with van der Waals surface area (Å²) in [7, 11) is 0. The second kappa shape index (κ2) is 13.5. The number of nitrogens with one attached hydrogen (secondary N) is 3. The quantitative estimate of drug-likeness (QED) is 0.134. The number of carboxylic acid groups (broad SMARTS) is 1. The van der Waals surface area contributed by atoms with Crippen molar-refractivity contribution in [3.05, 3.63) is 0 Å². The number of rotatable bonds is 14. The summed E-state index contributed by atoms with van der Waals surface area (Å²) in [6, 6.07) is -5.33. The number of aliphatic hydroxyl groups excluding tert-OH is 2. The molecule has 0 heterocycles. The molecule has 0 fully saturated rings. The summed E-state index contributed by atoms with van der Waals surface area (Å²) in [4.78, 5) is 59.3. The van der Waals surface area contributed by atoms with Gasteiger partial charge in [-0.3, -0.25) is 19.2 Å². The van der Waals surface area contributed by atoms with Crippen LogP contribution in [0.2, 0.25) is 0 Å². The molecule has 30 heavy (non-hydrogen) atoms. The first kappa shape index (κ1) is 27.2. The first-order valence-corrected chi connectivity index (χ1v) is 9.37. The molecule has 0 bridgehead atoms. The van der Waals surface area contributed by atoms with Crippen LogP contribution < -0.4 is 27.4 Å². The Kier molecular flexibility index (Phi) is 12.2. The zero-order valence-corrected chi connectivity index (χ0v) is 17.0. The maximum Gasteiger partial charge on any atom is 0.328 e. The van der Waals surface area contributed by atoms with E-state index in [1.165, 1.54) is 0 Å². The third kappa shape index (κ3) is 9.15. The first-order valence-electron chi connectivity index (χ1n) is 9.37. The Hall–Kier alpha value is -2.77. The number of carbonyl (C=O) groups excluding carboxylic acids is 4. The summed E-state index contributed by atoms with van der Waals surface area (Å²) >= 11 is 0. The predicted octanol–water partition coefficient (Wildman–Crippen LogP) is -3.85. The minimum Gasteiger partial charge on any atom is -0.480 e. The molecule has 0 aliphatic heterocycles. The molecule has 0 aromatic heterocycles. The lowest BCUT2D eigenvalue weighted by molar-refractivity contribution is -0.143. The van der Waals surface area contributed by atoms with Crippen molar-refractivity contribution in [1.29, 1.82) is 0 Å². The number of carboxylic acids is 1. The van der Waals surface area contributed by atoms with Gasteiger partial charge in [0.25, 0.3) is 0 Å². The second-order valence-corrected chi connectivity index (χ2v) is 6.81. The van der Waals surface area contributed by atoms with Crippen molar-refractivity contribution in [3.8, 4) is 0 Å². The van der Waals surface area contributed by atoms with Crippen molar-refractivity contribution in [1.82, 2.24) is 16.0 Å². The third-order valence-corrected chi connectivity index (χ3v) is 4.44. The molecular weight excluding hydrogens is 402 g/mol. The van der Waals surface area contributed by atoms with E-state index in [4.69, 9.17) is 26.8 Å². The van der Waals surface area contributed by atoms with Crippen LogP contribution in [0.1, 0.15) is 33.1 Å². The number of aliphatic hydroxyl groups is 2. The zero-order chi connectivity index (χ0) is 23.4. The normalized spacial score (nSPS) is 15.8. The van der Waals surface area contributed by atoms with Crippen LogP contribution >= 0.6 is 0 Å². The van der Waals surface area contributed by atoms with Crippen LogP contribution in [-0.4, -0.2) is 82.3 Å². The van der Waals surface area contributed by atoms with Crippen LogP contribution in [0.3, 0.4) is 0 Å². The van der Waals surface area contributed by atoms with Crippen LogP contribution in [0.5, 0.6) is 0 Å². The minimum atomic E-state index is -1.56. The summed E-state index contributed by atoms with van der Waals surface area (Å²) in [5, 5.41) is 33.9. The summed E-state index contributed by atoms with van der Waals surface area (Å²) in [5.41, 5.74) is 10.5. The molecule has 5 atom stereocenters. The minimum absolute atomic E-state index is 0.186. The summed E-state index contributed by atoms with van der Waals surface area (Å²) in [6.07, 6.45) is -0.00422. The van der Waals surface area contributed by atoms with Crippen LogP contribution in [0.25, 0.3) is 0 Å². The molecule has 10 N–H and O–H groups in total. The van der Waals surface area contributed by atoms with Gasteiger partial charge in [-0.2, -0.15) is 0 Å². The largest absolute Gasteiger partial charge is 0.480 e. The maximum absolute atomic E-state index is 12.7. The van der Waals surface area contributed by atoms with Gasteiger partial charge in [0.05, 0.1) is 13.2 Å². The summed E-state index contributed by atoms with van der Waals surface area (Å²) in [6.45, 7) is 1.85. The van der Waals surface area contributed by atoms with E-state index in [-0.39, 0.29) is 12.8 Å². The summed E-state index contributed by atoms with van der Waals surface area (Å²) < 4.78 is 0. The van der Waals surface area contributed by atoms with E-state index in [0.29, 0.717) is 6.42 Å². The van der Waals surface area contributed by atoms with Crippen LogP contribution in [0.15, 0.2) is 0 Å². The summed E-state index contributed by atoms with van der Waals surface area (Å²) in [5.74, 6) is -5.13. The fraction of sp³-hybridized carbons (Fsp3) is 0.706. The molecule has 13 nitrogen and oxygen atoms in total. The van der Waals surface area contributed by atoms with Gasteiger partial charge in [0.15, 0.2) is 0 Å². The van der Waals surface area contributed by atoms with Gasteiger partial charge in [0.1, 0.15) is 24.2 Å². The Morgan fingerprint density at radius 1 is 0.900 bits per heavy atom. The molecule has 13 heteroatoms. The number of carbonyl (C=O) groups is 5. The lowest BCUT2D eigenvalue weighted by Crippen LogP contribution is -2.59. The van der Waals surface area contributed by atoms with E-state index in [1.54, 1.807) is 13.8 Å². The van der Waals surface area contributed by atoms with E-state index in [1.807, 2.05) is 0 Å². The van der Waals surface area contributed by atoms with E-state index in [2.05, 4.69) is 16.0 Å². The monoisotopic (exact) mass is 433 g/mol. The van der Waals surface area contributed by atoms with Crippen LogP contribution in [-0.2, 0) is 24.0 Å². The van der Waals surface area contributed by atoms with Crippen molar-refractivity contribution < 1.29 is 39.3 Å². The zero-order valence-electron chi connectivity index (χ0n) is 17.0. The van der Waals surface area contributed by atoms with Gasteiger partial charge in [-0.1, -0.05) is 20.3 Å². The second-order valence-electron chi connectivity index (χ2n) is 6.81. The molecule has 0 aromatic carbocycles. The van der Waals surface area contributed by atoms with Gasteiger partial charge in [-0.05, 0) is 12.3 Å². The Balaban J connectivity index is 5.48. The standard InChI is InChI=1S/C17H31N5O8/c1-3-8(2)13(16(28)21-11(7-24)17(29)30)22-15(27)10(4-5-12(19)25)20-14(26)9(18)6-23/h8-11,13,23-24H,3-7,18H2,1-2H3,(H2,19,25)(H,20,26)(H,21,28)(H,22,27)(H,29,30). The highest BCUT2D eigenvalue weighted by Gasteiger charge is 2.32. The molecule has 0 rings (SSSR count). The maximum atomic E-state index is 12.7. The number of hydrogen-bond donors (Lipinski definition) is 8. The first-order chi connectivity index (χ1) is 14.0. The number of nitrogens with two attached hydrogens (primary N) is 2. The van der Waals surface area contributed by atoms with Gasteiger partial charge in [0.2, 0.25) is 23.6 Å². The molecule has 0 aliphatic rings. The number of primary amides is 1. The lowest BCUT2D eigenvalue weighted by Gasteiger charge is -2.27. The Morgan fingerprint density at radius 3 is 1.90 bits per heavy atom. The SMILES string of the molecule is CCC(C)C(NC(=O)C(CCC(N)=O)NC(=O)C(N)CO)C(=O)NC(CO)C(=O)O. The van der Waals surface area contributed by atoms with Crippen molar-refractivity contribution in [2.24, 2.45) is 17.4 Å². The van der Waals surface area contributed by atoms with Gasteiger partial charge < -0.3 is 42.7 Å². The highest BCUT2D eigenvalue weighted by Crippen LogP contribution is 2.10. The van der Waals surface area contributed by atoms with Crippen molar-refractivity contribution in [3.63, 3.8) is 0 Å². The molecule has 172 valence electrons. The molecule has 0 radical (unpaired) electrons. The Morgan fingerprint density at radius 2 is 1.47 bits per heavy atom. The Bertz CT molecular complexity index is 629. The van der Waals surface area contributed by atoms with Crippen molar-refractivity contribution in [2.45, 2.75) is 57.3 Å². The molecule has 0 saturated heterocycles. The topological polar surface area (TPSA) is 234 Å². The highest BCUT2D eigenvalue weighted by atomic mass is 16.4. The van der Waals surface area contributed by atoms with Crippen molar-refractivity contribution in [2.75, 3.05) is 13.2 Å². The van der Waals surface area contributed by atoms with E-state index in [9.17, 15) is 24.0 Å². The molecule has 0 spiro atoms. The van der Waals surface area contributed by atoms with Gasteiger partial charge in [-0.25, -0.2) is 4.79 Å². The average Bonchev–Trinajstić information content (AvgIpc) is 2.70. The van der Waals surface area contributed by atoms with Gasteiger partial charge >= 0.3 is 5.97 Å². The number of amides is 4. The number of hydrogen-bond acceptors (Lipinski definition) is 8. The van der Waals surface area contributed by atoms with Crippen LogP contribution in [0, 0.1) is 5.92 Å². The van der Waals surface area contributed by atoms with Crippen LogP contribution in [0.4, 0.5) is 0 Å². The molecule has 0 saturated carbocycles. The van der Waals surface area contributed by atoms with Gasteiger partial charge in [-0.15, -0.1) is 0 Å². The van der Waals surface area contributed by atoms with Gasteiger partial charge in [0, 0.05) is 6.42 Å². The van der Waals surface area contributed by atoms with E-state index >= 15 is 0 Å². The molecule has 5 unspecified atom stereocenters. The molecule has 4 amide bonds. The average molecular weight is 433 g/mol. The third-order valence-electron chi connectivity index (χ3n) is 4.44. The fourth-order valence-corrected chi connectivity index (χ4v) is 2.32. The predicted molar refractivity (Wildman–Crippen MR) is 103 cm³/mol. The highest BCUT2D eigenvalue weighted by molar-refractivity contribution is 5.94. The fourth-order valence-electron chi connectivity index (χ4n) is 2.32. The van der Waals surface area contributed by atoms with Crippen molar-refractivity contribution >= 4 is 29.6 Å².